The van der Waals surface area contributed by atoms with Gasteiger partial charge in [0.15, 0.2) is 0 Å². The zero-order valence-corrected chi connectivity index (χ0v) is 15.9. The fraction of sp³-hybridized carbons (Fsp3) is 0.526. The first kappa shape index (κ1) is 19.5. The highest BCUT2D eigenvalue weighted by molar-refractivity contribution is 5.83. The van der Waals surface area contributed by atoms with Crippen LogP contribution in [0.1, 0.15) is 43.7 Å². The molecule has 3 rings (SSSR count). The molecular weight excluding hydrogens is 355 g/mol. The second kappa shape index (κ2) is 6.74. The number of fused-ring (bicyclic) bond motifs is 1. The van der Waals surface area contributed by atoms with E-state index in [-0.39, 0.29) is 19.4 Å². The van der Waals surface area contributed by atoms with E-state index in [9.17, 15) is 8.78 Å². The minimum absolute atomic E-state index is 0.0255. The van der Waals surface area contributed by atoms with Crippen LogP contribution >= 0.6 is 0 Å². The molecule has 0 amide bonds. The van der Waals surface area contributed by atoms with Crippen molar-refractivity contribution in [3.8, 4) is 0 Å². The van der Waals surface area contributed by atoms with Gasteiger partial charge in [0.1, 0.15) is 5.67 Å². The number of alkyl halides is 3. The first-order chi connectivity index (χ1) is 12.5. The van der Waals surface area contributed by atoms with E-state index in [4.69, 9.17) is 11.6 Å². The highest BCUT2D eigenvalue weighted by Crippen LogP contribution is 2.42. The summed E-state index contributed by atoms with van der Waals surface area (Å²) in [7, 11) is 1.68. The van der Waals surface area contributed by atoms with Crippen LogP contribution in [0.25, 0.3) is 16.7 Å². The highest BCUT2D eigenvalue weighted by atomic mass is 19.3. The summed E-state index contributed by atoms with van der Waals surface area (Å²) in [5.74, 6) is 3.12. The molecular formula is C19H26F3N5. The van der Waals surface area contributed by atoms with Crippen molar-refractivity contribution in [3.05, 3.63) is 35.3 Å². The first-order valence-electron chi connectivity index (χ1n) is 8.99. The van der Waals surface area contributed by atoms with E-state index < -0.39 is 24.4 Å². The Bertz CT molecular complexity index is 871. The number of rotatable bonds is 4. The Balaban J connectivity index is 1.99. The Hall–Kier alpha value is -2.22. The Morgan fingerprint density at radius 1 is 1.26 bits per heavy atom. The molecule has 2 aromatic heterocycles. The van der Waals surface area contributed by atoms with Gasteiger partial charge in [0.05, 0.1) is 23.3 Å². The number of nitrogens with zero attached hydrogens (tertiary/aromatic N) is 3. The van der Waals surface area contributed by atoms with E-state index in [2.05, 4.69) is 4.98 Å². The van der Waals surface area contributed by atoms with E-state index >= 15 is 4.39 Å². The average molecular weight is 381 g/mol. The number of aromatic nitrogens is 2. The summed E-state index contributed by atoms with van der Waals surface area (Å²) in [6, 6.07) is 1.87. The third-order valence-electron chi connectivity index (χ3n) is 5.23. The van der Waals surface area contributed by atoms with Crippen molar-refractivity contribution in [2.45, 2.75) is 57.7 Å². The normalized spacial score (nSPS) is 19.8. The summed E-state index contributed by atoms with van der Waals surface area (Å²) in [4.78, 5) is 4.49. The molecule has 27 heavy (non-hydrogen) atoms. The lowest BCUT2D eigenvalue weighted by molar-refractivity contribution is -0.0791. The number of hydrazine groups is 1. The number of halogens is 3. The largest absolute Gasteiger partial charge is 0.401 e. The van der Waals surface area contributed by atoms with E-state index in [1.54, 1.807) is 24.7 Å². The van der Waals surface area contributed by atoms with Crippen LogP contribution in [0.2, 0.25) is 0 Å². The molecule has 1 fully saturated rings. The standard InChI is InChI=1S/C19H26F3N5/c1-12-10-27(11-18(20)4-6-19(21,22)7-5-18)15-8-14(9-25-16(12)15)17(13(2)23)26(3)24/h8-10H,4-7,11,23-24H2,1-3H3/b17-13-. The zero-order chi connectivity index (χ0) is 20.0. The number of nitrogens with two attached hydrogens (primary N) is 2. The number of hydrogen-bond acceptors (Lipinski definition) is 4. The van der Waals surface area contributed by atoms with E-state index in [0.717, 1.165) is 22.2 Å². The van der Waals surface area contributed by atoms with Crippen LogP contribution in [-0.4, -0.2) is 33.2 Å². The minimum atomic E-state index is -2.76. The molecule has 2 aromatic rings. The average Bonchev–Trinajstić information content (AvgIpc) is 2.86. The molecule has 0 atom stereocenters. The van der Waals surface area contributed by atoms with Crippen LogP contribution in [0.4, 0.5) is 13.2 Å². The summed E-state index contributed by atoms with van der Waals surface area (Å²) in [6.45, 7) is 3.66. The molecule has 1 saturated carbocycles. The van der Waals surface area contributed by atoms with Crippen molar-refractivity contribution in [2.75, 3.05) is 7.05 Å². The molecule has 2 heterocycles. The van der Waals surface area contributed by atoms with Crippen LogP contribution in [0, 0.1) is 6.92 Å². The summed E-state index contributed by atoms with van der Waals surface area (Å²) in [6.07, 6.45) is 2.38. The Morgan fingerprint density at radius 3 is 2.44 bits per heavy atom. The highest BCUT2D eigenvalue weighted by Gasteiger charge is 2.44. The van der Waals surface area contributed by atoms with Crippen LogP contribution in [-0.2, 0) is 6.54 Å². The molecule has 0 unspecified atom stereocenters. The molecule has 0 aliphatic heterocycles. The van der Waals surface area contributed by atoms with Crippen molar-refractivity contribution in [3.63, 3.8) is 0 Å². The van der Waals surface area contributed by atoms with E-state index in [1.165, 1.54) is 5.01 Å². The lowest BCUT2D eigenvalue weighted by Crippen LogP contribution is -2.38. The molecule has 148 valence electrons. The lowest BCUT2D eigenvalue weighted by Gasteiger charge is -2.34. The molecule has 8 heteroatoms. The van der Waals surface area contributed by atoms with Crippen molar-refractivity contribution >= 4 is 16.7 Å². The lowest BCUT2D eigenvalue weighted by atomic mass is 9.84. The van der Waals surface area contributed by atoms with Gasteiger partial charge in [0, 0.05) is 43.5 Å². The second-order valence-electron chi connectivity index (χ2n) is 7.68. The third kappa shape index (κ3) is 3.90. The predicted molar refractivity (Wildman–Crippen MR) is 100 cm³/mol. The molecule has 5 nitrogen and oxygen atoms in total. The second-order valence-corrected chi connectivity index (χ2v) is 7.68. The molecule has 0 bridgehead atoms. The molecule has 1 aliphatic carbocycles. The van der Waals surface area contributed by atoms with Gasteiger partial charge < -0.3 is 15.3 Å². The van der Waals surface area contributed by atoms with Gasteiger partial charge in [-0.25, -0.2) is 19.0 Å². The zero-order valence-electron chi connectivity index (χ0n) is 15.9. The smallest absolute Gasteiger partial charge is 0.248 e. The first-order valence-corrected chi connectivity index (χ1v) is 8.99. The Labute approximate surface area is 156 Å². The van der Waals surface area contributed by atoms with Gasteiger partial charge in [-0.2, -0.15) is 0 Å². The van der Waals surface area contributed by atoms with Gasteiger partial charge >= 0.3 is 0 Å². The van der Waals surface area contributed by atoms with Crippen LogP contribution in [0.5, 0.6) is 0 Å². The molecule has 0 spiro atoms. The summed E-state index contributed by atoms with van der Waals surface area (Å²) in [5, 5.41) is 1.41. The summed E-state index contributed by atoms with van der Waals surface area (Å²) in [5.41, 5.74) is 8.56. The van der Waals surface area contributed by atoms with Crippen molar-refractivity contribution in [1.29, 1.82) is 0 Å². The van der Waals surface area contributed by atoms with Gasteiger partial charge in [-0.1, -0.05) is 0 Å². The Kier molecular flexibility index (Phi) is 4.88. The number of aryl methyl sites for hydroxylation is 1. The topological polar surface area (TPSA) is 73.1 Å². The van der Waals surface area contributed by atoms with E-state index in [0.29, 0.717) is 11.4 Å². The maximum absolute atomic E-state index is 15.2. The van der Waals surface area contributed by atoms with Crippen LogP contribution < -0.4 is 11.6 Å². The molecule has 0 radical (unpaired) electrons. The molecule has 1 aliphatic rings. The van der Waals surface area contributed by atoms with Gasteiger partial charge in [0.2, 0.25) is 5.92 Å². The van der Waals surface area contributed by atoms with Gasteiger partial charge in [-0.3, -0.25) is 4.98 Å². The van der Waals surface area contributed by atoms with E-state index in [1.807, 2.05) is 19.2 Å². The molecule has 0 saturated heterocycles. The monoisotopic (exact) mass is 381 g/mol. The number of pyridine rings is 1. The van der Waals surface area contributed by atoms with Gasteiger partial charge in [-0.05, 0) is 38.3 Å². The third-order valence-corrected chi connectivity index (χ3v) is 5.23. The minimum Gasteiger partial charge on any atom is -0.401 e. The van der Waals surface area contributed by atoms with Crippen molar-refractivity contribution in [1.82, 2.24) is 14.6 Å². The quantitative estimate of drug-likeness (QED) is 0.625. The molecule has 4 N–H and O–H groups in total. The maximum Gasteiger partial charge on any atom is 0.248 e. The van der Waals surface area contributed by atoms with Crippen LogP contribution in [0.15, 0.2) is 24.2 Å². The van der Waals surface area contributed by atoms with Gasteiger partial charge in [0.25, 0.3) is 0 Å². The molecule has 0 aromatic carbocycles. The summed E-state index contributed by atoms with van der Waals surface area (Å²) >= 11 is 0. The summed E-state index contributed by atoms with van der Waals surface area (Å²) < 4.78 is 43.8. The number of hydrogen-bond donors (Lipinski definition) is 2. The SMILES string of the molecule is C/C(N)=C(\c1cnc2c(C)cn(CC3(F)CCC(F)(F)CC3)c2c1)N(C)N. The number of allylic oxidation sites excluding steroid dienone is 1. The fourth-order valence-corrected chi connectivity index (χ4v) is 3.84. The predicted octanol–water partition coefficient (Wildman–Crippen LogP) is 3.72. The van der Waals surface area contributed by atoms with Gasteiger partial charge in [-0.15, -0.1) is 0 Å². The maximum atomic E-state index is 15.2. The fourth-order valence-electron chi connectivity index (χ4n) is 3.84. The van der Waals surface area contributed by atoms with Crippen LogP contribution in [0.3, 0.4) is 0 Å². The Morgan fingerprint density at radius 2 is 1.89 bits per heavy atom. The van der Waals surface area contributed by atoms with Crippen molar-refractivity contribution < 1.29 is 13.2 Å². The van der Waals surface area contributed by atoms with Crippen molar-refractivity contribution in [2.24, 2.45) is 11.6 Å².